The minimum Gasteiger partial charge on any atom is -0.468 e. The third-order valence-corrected chi connectivity index (χ3v) is 4.34. The number of hydrogen-bond acceptors (Lipinski definition) is 4. The number of hydrogen-bond donors (Lipinski definition) is 0. The molecule has 2 heterocycles. The first-order valence-electron chi connectivity index (χ1n) is 6.91. The summed E-state index contributed by atoms with van der Waals surface area (Å²) in [5, 5.41) is 19.7. The first-order chi connectivity index (χ1) is 10.7. The van der Waals surface area contributed by atoms with Gasteiger partial charge in [-0.05, 0) is 17.7 Å². The maximum atomic E-state index is 9.87. The summed E-state index contributed by atoms with van der Waals surface area (Å²) in [4.78, 5) is 0. The van der Waals surface area contributed by atoms with Crippen LogP contribution in [-0.4, -0.2) is 6.61 Å². The second kappa shape index (κ2) is 5.18. The van der Waals surface area contributed by atoms with Gasteiger partial charge in [-0.15, -0.1) is 6.58 Å². The van der Waals surface area contributed by atoms with Gasteiger partial charge in [0, 0.05) is 0 Å². The second-order valence-corrected chi connectivity index (χ2v) is 5.29. The molecule has 1 aromatic heterocycles. The van der Waals surface area contributed by atoms with E-state index in [1.807, 2.05) is 30.3 Å². The van der Waals surface area contributed by atoms with Gasteiger partial charge in [-0.2, -0.15) is 10.5 Å². The van der Waals surface area contributed by atoms with Gasteiger partial charge in [-0.3, -0.25) is 0 Å². The highest BCUT2D eigenvalue weighted by atomic mass is 16.5. The Labute approximate surface area is 128 Å². The minimum atomic E-state index is -1.44. The average molecular weight is 290 g/mol. The molecule has 1 aromatic carbocycles. The smallest absolute Gasteiger partial charge is 0.192 e. The fraction of sp³-hybridized carbons (Fsp3) is 0.222. The van der Waals surface area contributed by atoms with Crippen LogP contribution in [0.4, 0.5) is 0 Å². The summed E-state index contributed by atoms with van der Waals surface area (Å²) < 4.78 is 11.4. The van der Waals surface area contributed by atoms with E-state index in [9.17, 15) is 10.5 Å². The summed E-state index contributed by atoms with van der Waals surface area (Å²) in [5.74, 6) is 0.518. The fourth-order valence-corrected chi connectivity index (χ4v) is 3.12. The lowest BCUT2D eigenvalue weighted by atomic mass is 9.62. The van der Waals surface area contributed by atoms with Gasteiger partial charge >= 0.3 is 0 Å². The van der Waals surface area contributed by atoms with Crippen molar-refractivity contribution in [1.29, 1.82) is 10.5 Å². The topological polar surface area (TPSA) is 69.9 Å². The average Bonchev–Trinajstić information content (AvgIpc) is 3.21. The highest BCUT2D eigenvalue weighted by Crippen LogP contribution is 2.57. The van der Waals surface area contributed by atoms with E-state index in [2.05, 4.69) is 18.7 Å². The van der Waals surface area contributed by atoms with Gasteiger partial charge in [0.2, 0.25) is 0 Å². The SMILES string of the molecule is C=C[C@@]1(c2ccco2)CO[C@H](c2ccccc2)C1(C#N)C#N. The molecule has 108 valence electrons. The van der Waals surface area contributed by atoms with Gasteiger partial charge < -0.3 is 9.15 Å². The fourth-order valence-electron chi connectivity index (χ4n) is 3.12. The number of nitrogens with zero attached hydrogens (tertiary/aromatic N) is 2. The van der Waals surface area contributed by atoms with Gasteiger partial charge in [-0.1, -0.05) is 36.4 Å². The van der Waals surface area contributed by atoms with Crippen LogP contribution in [0.3, 0.4) is 0 Å². The van der Waals surface area contributed by atoms with Crippen LogP contribution in [0, 0.1) is 28.1 Å². The normalized spacial score (nSPS) is 26.0. The van der Waals surface area contributed by atoms with Crippen LogP contribution >= 0.6 is 0 Å². The largest absolute Gasteiger partial charge is 0.468 e. The molecule has 0 N–H and O–H groups in total. The van der Waals surface area contributed by atoms with Crippen LogP contribution in [0.5, 0.6) is 0 Å². The molecule has 0 aliphatic carbocycles. The molecule has 22 heavy (non-hydrogen) atoms. The number of ether oxygens (including phenoxy) is 1. The lowest BCUT2D eigenvalue weighted by Crippen LogP contribution is -2.42. The van der Waals surface area contributed by atoms with Gasteiger partial charge in [0.25, 0.3) is 0 Å². The molecule has 2 atom stereocenters. The molecule has 1 saturated heterocycles. The molecule has 0 spiro atoms. The van der Waals surface area contributed by atoms with E-state index in [1.165, 1.54) is 6.26 Å². The van der Waals surface area contributed by atoms with Crippen LogP contribution in [0.1, 0.15) is 17.4 Å². The Morgan fingerprint density at radius 1 is 1.14 bits per heavy atom. The van der Waals surface area contributed by atoms with Crippen LogP contribution in [0.25, 0.3) is 0 Å². The Morgan fingerprint density at radius 2 is 1.86 bits per heavy atom. The van der Waals surface area contributed by atoms with Crippen molar-refractivity contribution in [2.75, 3.05) is 6.61 Å². The molecular formula is C18H14N2O2. The quantitative estimate of drug-likeness (QED) is 0.811. The number of furan rings is 1. The molecule has 1 aliphatic heterocycles. The zero-order valence-electron chi connectivity index (χ0n) is 11.9. The molecule has 1 fully saturated rings. The number of benzene rings is 1. The predicted octanol–water partition coefficient (Wildman–Crippen LogP) is 3.51. The van der Waals surface area contributed by atoms with E-state index >= 15 is 0 Å². The molecule has 3 rings (SSSR count). The summed E-state index contributed by atoms with van der Waals surface area (Å²) in [6.07, 6.45) is 2.46. The summed E-state index contributed by atoms with van der Waals surface area (Å²) in [7, 11) is 0. The van der Waals surface area contributed by atoms with E-state index in [-0.39, 0.29) is 6.61 Å². The molecule has 0 radical (unpaired) electrons. The van der Waals surface area contributed by atoms with E-state index in [1.54, 1.807) is 18.2 Å². The first kappa shape index (κ1) is 14.1. The van der Waals surface area contributed by atoms with Crippen molar-refractivity contribution in [1.82, 2.24) is 0 Å². The molecule has 0 saturated carbocycles. The minimum absolute atomic E-state index is 0.171. The first-order valence-corrected chi connectivity index (χ1v) is 6.91. The van der Waals surface area contributed by atoms with Crippen molar-refractivity contribution in [2.45, 2.75) is 11.5 Å². The number of nitriles is 2. The lowest BCUT2D eigenvalue weighted by molar-refractivity contribution is 0.0861. The molecule has 1 aliphatic rings. The van der Waals surface area contributed by atoms with Crippen molar-refractivity contribution < 1.29 is 9.15 Å². The van der Waals surface area contributed by atoms with Crippen molar-refractivity contribution in [2.24, 2.45) is 5.41 Å². The highest BCUT2D eigenvalue weighted by Gasteiger charge is 2.64. The van der Waals surface area contributed by atoms with Crippen LogP contribution in [0.2, 0.25) is 0 Å². The van der Waals surface area contributed by atoms with Gasteiger partial charge in [0.1, 0.15) is 17.3 Å². The van der Waals surface area contributed by atoms with Crippen molar-refractivity contribution in [3.8, 4) is 12.1 Å². The van der Waals surface area contributed by atoms with E-state index < -0.39 is 16.9 Å². The Kier molecular flexibility index (Phi) is 3.33. The standard InChI is InChI=1S/C18H14N2O2/c1-2-17(15-9-6-10-21-15)13-22-16(18(17,11-19)12-20)14-7-4-3-5-8-14/h2-10,16H,1,13H2/t16-,17+/m1/s1. The summed E-state index contributed by atoms with van der Waals surface area (Å²) in [5.41, 5.74) is -1.64. The van der Waals surface area contributed by atoms with Gasteiger partial charge in [0.05, 0.1) is 25.0 Å². The second-order valence-electron chi connectivity index (χ2n) is 5.29. The molecule has 0 unspecified atom stereocenters. The molecule has 4 nitrogen and oxygen atoms in total. The van der Waals surface area contributed by atoms with Gasteiger partial charge in [-0.25, -0.2) is 0 Å². The Balaban J connectivity index is 2.21. The maximum absolute atomic E-state index is 9.87. The highest BCUT2D eigenvalue weighted by molar-refractivity contribution is 5.44. The molecule has 2 aromatic rings. The molecule has 0 bridgehead atoms. The zero-order valence-corrected chi connectivity index (χ0v) is 11.9. The van der Waals surface area contributed by atoms with Crippen molar-refractivity contribution in [3.63, 3.8) is 0 Å². The maximum Gasteiger partial charge on any atom is 0.192 e. The zero-order chi connectivity index (χ0) is 15.6. The Morgan fingerprint density at radius 3 is 2.41 bits per heavy atom. The van der Waals surface area contributed by atoms with Crippen molar-refractivity contribution >= 4 is 0 Å². The van der Waals surface area contributed by atoms with Crippen molar-refractivity contribution in [3.05, 3.63) is 72.7 Å². The van der Waals surface area contributed by atoms with E-state index in [0.717, 1.165) is 5.56 Å². The molecular weight excluding hydrogens is 276 g/mol. The van der Waals surface area contributed by atoms with Crippen LogP contribution < -0.4 is 0 Å². The molecule has 4 heteroatoms. The number of rotatable bonds is 3. The van der Waals surface area contributed by atoms with Gasteiger partial charge in [0.15, 0.2) is 5.41 Å². The molecule has 0 amide bonds. The van der Waals surface area contributed by atoms with E-state index in [0.29, 0.717) is 5.76 Å². The van der Waals surface area contributed by atoms with E-state index in [4.69, 9.17) is 9.15 Å². The third kappa shape index (κ3) is 1.65. The Hall–Kier alpha value is -2.82. The van der Waals surface area contributed by atoms with Crippen LogP contribution in [-0.2, 0) is 10.2 Å². The summed E-state index contributed by atoms with van der Waals surface area (Å²) in [6, 6.07) is 17.2. The summed E-state index contributed by atoms with van der Waals surface area (Å²) >= 11 is 0. The Bertz CT molecular complexity index is 739. The monoisotopic (exact) mass is 290 g/mol. The lowest BCUT2D eigenvalue weighted by Gasteiger charge is -2.32. The third-order valence-electron chi connectivity index (χ3n) is 4.34. The predicted molar refractivity (Wildman–Crippen MR) is 79.4 cm³/mol. The van der Waals surface area contributed by atoms with Crippen LogP contribution in [0.15, 0.2) is 65.8 Å². The summed E-state index contributed by atoms with van der Waals surface area (Å²) in [6.45, 7) is 4.02.